The maximum absolute atomic E-state index is 11.8. The van der Waals surface area contributed by atoms with Crippen LogP contribution in [0.3, 0.4) is 0 Å². The summed E-state index contributed by atoms with van der Waals surface area (Å²) in [6, 6.07) is 7.99. The van der Waals surface area contributed by atoms with Crippen molar-refractivity contribution in [3.05, 3.63) is 29.8 Å². The zero-order valence-electron chi connectivity index (χ0n) is 9.79. The number of hydrogen-bond acceptors (Lipinski definition) is 2. The molecule has 1 aliphatic rings. The molecule has 1 aromatic carbocycles. The van der Waals surface area contributed by atoms with Crippen LogP contribution < -0.4 is 10.6 Å². The second kappa shape index (κ2) is 4.66. The van der Waals surface area contributed by atoms with Gasteiger partial charge in [0.2, 0.25) is 5.91 Å². The Morgan fingerprint density at radius 1 is 1.44 bits per heavy atom. The molecule has 1 unspecified atom stereocenters. The summed E-state index contributed by atoms with van der Waals surface area (Å²) in [5, 5.41) is 6.09. The van der Waals surface area contributed by atoms with Crippen LogP contribution in [-0.4, -0.2) is 18.5 Å². The highest BCUT2D eigenvalue weighted by molar-refractivity contribution is 5.96. The third-order valence-corrected chi connectivity index (χ3v) is 2.98. The lowest BCUT2D eigenvalue weighted by molar-refractivity contribution is -0.119. The van der Waals surface area contributed by atoms with Crippen molar-refractivity contribution >= 4 is 11.6 Å². The molecule has 0 aromatic heterocycles. The van der Waals surface area contributed by atoms with E-state index in [0.29, 0.717) is 5.92 Å². The first kappa shape index (κ1) is 11.1. The van der Waals surface area contributed by atoms with Gasteiger partial charge in [-0.15, -0.1) is 0 Å². The Labute approximate surface area is 96.2 Å². The third kappa shape index (κ3) is 2.25. The van der Waals surface area contributed by atoms with E-state index in [0.717, 1.165) is 18.7 Å². The lowest BCUT2D eigenvalue weighted by Crippen LogP contribution is -2.50. The molecule has 3 nitrogen and oxygen atoms in total. The van der Waals surface area contributed by atoms with Crippen LogP contribution in [0, 0.1) is 0 Å². The number of carbonyl (C=O) groups excluding carboxylic acids is 1. The van der Waals surface area contributed by atoms with Crippen LogP contribution in [0.25, 0.3) is 0 Å². The number of benzene rings is 1. The van der Waals surface area contributed by atoms with E-state index in [9.17, 15) is 4.79 Å². The molecule has 2 N–H and O–H groups in total. The third-order valence-electron chi connectivity index (χ3n) is 2.98. The molecule has 0 saturated carbocycles. The highest BCUT2D eigenvalue weighted by Gasteiger charge is 2.24. The minimum absolute atomic E-state index is 0.000202. The Hall–Kier alpha value is -1.35. The number of hydrogen-bond donors (Lipinski definition) is 2. The number of nitrogens with one attached hydrogen (secondary N) is 2. The molecule has 16 heavy (non-hydrogen) atoms. The molecule has 1 fully saturated rings. The fourth-order valence-corrected chi connectivity index (χ4v) is 1.85. The monoisotopic (exact) mass is 218 g/mol. The zero-order valence-corrected chi connectivity index (χ0v) is 9.79. The molecule has 1 saturated heterocycles. The van der Waals surface area contributed by atoms with Gasteiger partial charge in [-0.05, 0) is 30.5 Å². The van der Waals surface area contributed by atoms with Gasteiger partial charge < -0.3 is 10.6 Å². The van der Waals surface area contributed by atoms with Gasteiger partial charge in [-0.1, -0.05) is 32.0 Å². The smallest absolute Gasteiger partial charge is 0.241 e. The van der Waals surface area contributed by atoms with E-state index in [-0.39, 0.29) is 11.9 Å². The Kier molecular flexibility index (Phi) is 3.25. The molecule has 1 aromatic rings. The lowest BCUT2D eigenvalue weighted by Gasteiger charge is -2.27. The second-order valence-corrected chi connectivity index (χ2v) is 4.53. The van der Waals surface area contributed by atoms with Gasteiger partial charge in [0.1, 0.15) is 0 Å². The molecule has 0 aliphatic carbocycles. The quantitative estimate of drug-likeness (QED) is 0.815. The Morgan fingerprint density at radius 3 is 2.69 bits per heavy atom. The standard InChI is InChI=1S/C13H18N2O/c1-9(2)10-5-3-4-6-11(10)15-13(16)12-7-8-14-12/h3-6,9,12,14H,7-8H2,1-2H3,(H,15,16). The normalized spacial score (nSPS) is 19.3. The molecule has 0 bridgehead atoms. The van der Waals surface area contributed by atoms with Crippen molar-refractivity contribution in [3.8, 4) is 0 Å². The van der Waals surface area contributed by atoms with Crippen molar-refractivity contribution in [2.24, 2.45) is 0 Å². The van der Waals surface area contributed by atoms with Gasteiger partial charge in [-0.25, -0.2) is 0 Å². The largest absolute Gasteiger partial charge is 0.324 e. The lowest BCUT2D eigenvalue weighted by atomic mass is 10.0. The Bertz CT molecular complexity index is 383. The summed E-state index contributed by atoms with van der Waals surface area (Å²) in [4.78, 5) is 11.8. The van der Waals surface area contributed by atoms with Crippen molar-refractivity contribution < 1.29 is 4.79 Å². The predicted octanol–water partition coefficient (Wildman–Crippen LogP) is 2.11. The summed E-state index contributed by atoms with van der Waals surface area (Å²) in [5.41, 5.74) is 2.13. The zero-order chi connectivity index (χ0) is 11.5. The number of anilines is 1. The maximum atomic E-state index is 11.8. The fourth-order valence-electron chi connectivity index (χ4n) is 1.85. The van der Waals surface area contributed by atoms with Crippen molar-refractivity contribution in [1.82, 2.24) is 5.32 Å². The van der Waals surface area contributed by atoms with Gasteiger partial charge in [0.15, 0.2) is 0 Å². The number of amides is 1. The molecule has 0 radical (unpaired) electrons. The fraction of sp³-hybridized carbons (Fsp3) is 0.462. The van der Waals surface area contributed by atoms with Crippen LogP contribution in [0.15, 0.2) is 24.3 Å². The average Bonchev–Trinajstić information content (AvgIpc) is 2.15. The first-order chi connectivity index (χ1) is 7.68. The second-order valence-electron chi connectivity index (χ2n) is 4.53. The van der Waals surface area contributed by atoms with Crippen molar-refractivity contribution in [2.75, 3.05) is 11.9 Å². The van der Waals surface area contributed by atoms with Crippen LogP contribution in [0.5, 0.6) is 0 Å². The van der Waals surface area contributed by atoms with Gasteiger partial charge >= 0.3 is 0 Å². The minimum atomic E-state index is 0.000202. The molecule has 2 rings (SSSR count). The molecule has 3 heteroatoms. The van der Waals surface area contributed by atoms with Crippen LogP contribution in [0.2, 0.25) is 0 Å². The minimum Gasteiger partial charge on any atom is -0.324 e. The van der Waals surface area contributed by atoms with E-state index >= 15 is 0 Å². The highest BCUT2D eigenvalue weighted by atomic mass is 16.2. The van der Waals surface area contributed by atoms with Gasteiger partial charge in [0.05, 0.1) is 6.04 Å². The average molecular weight is 218 g/mol. The van der Waals surface area contributed by atoms with E-state index in [2.05, 4.69) is 30.5 Å². The molecule has 1 heterocycles. The van der Waals surface area contributed by atoms with Crippen LogP contribution >= 0.6 is 0 Å². The van der Waals surface area contributed by atoms with E-state index < -0.39 is 0 Å². The first-order valence-electron chi connectivity index (χ1n) is 5.81. The van der Waals surface area contributed by atoms with Crippen LogP contribution in [0.1, 0.15) is 31.7 Å². The topological polar surface area (TPSA) is 41.1 Å². The number of rotatable bonds is 3. The molecule has 86 valence electrons. The van der Waals surface area contributed by atoms with Crippen LogP contribution in [0.4, 0.5) is 5.69 Å². The van der Waals surface area contributed by atoms with E-state index in [1.807, 2.05) is 18.2 Å². The predicted molar refractivity (Wildman–Crippen MR) is 65.6 cm³/mol. The molecule has 1 aliphatic heterocycles. The van der Waals surface area contributed by atoms with E-state index in [1.165, 1.54) is 5.56 Å². The summed E-state index contributed by atoms with van der Waals surface area (Å²) in [7, 11) is 0. The molecule has 0 spiro atoms. The highest BCUT2D eigenvalue weighted by Crippen LogP contribution is 2.24. The molecular formula is C13H18N2O. The Balaban J connectivity index is 2.10. The number of carbonyl (C=O) groups is 1. The Morgan fingerprint density at radius 2 is 2.12 bits per heavy atom. The van der Waals surface area contributed by atoms with Crippen molar-refractivity contribution in [2.45, 2.75) is 32.2 Å². The summed E-state index contributed by atoms with van der Waals surface area (Å²) in [6.07, 6.45) is 0.940. The summed E-state index contributed by atoms with van der Waals surface area (Å²) in [6.45, 7) is 5.21. The maximum Gasteiger partial charge on any atom is 0.241 e. The summed E-state index contributed by atoms with van der Waals surface area (Å²) >= 11 is 0. The number of para-hydroxylation sites is 1. The van der Waals surface area contributed by atoms with Gasteiger partial charge in [-0.2, -0.15) is 0 Å². The summed E-state index contributed by atoms with van der Waals surface area (Å²) < 4.78 is 0. The van der Waals surface area contributed by atoms with Gasteiger partial charge in [-0.3, -0.25) is 4.79 Å². The van der Waals surface area contributed by atoms with Gasteiger partial charge in [0, 0.05) is 5.69 Å². The molecule has 1 atom stereocenters. The van der Waals surface area contributed by atoms with E-state index in [1.54, 1.807) is 0 Å². The van der Waals surface area contributed by atoms with Crippen molar-refractivity contribution in [3.63, 3.8) is 0 Å². The molecule has 1 amide bonds. The van der Waals surface area contributed by atoms with E-state index in [4.69, 9.17) is 0 Å². The SMILES string of the molecule is CC(C)c1ccccc1NC(=O)C1CCN1. The van der Waals surface area contributed by atoms with Crippen LogP contribution in [-0.2, 0) is 4.79 Å². The summed E-state index contributed by atoms with van der Waals surface area (Å²) in [5.74, 6) is 0.505. The van der Waals surface area contributed by atoms with Crippen molar-refractivity contribution in [1.29, 1.82) is 0 Å². The van der Waals surface area contributed by atoms with Gasteiger partial charge in [0.25, 0.3) is 0 Å². The first-order valence-corrected chi connectivity index (χ1v) is 5.81. The molecular weight excluding hydrogens is 200 g/mol.